The number of carboxylic acid groups (broad SMARTS) is 1. The van der Waals surface area contributed by atoms with Gasteiger partial charge in [0.2, 0.25) is 0 Å². The van der Waals surface area contributed by atoms with E-state index in [-0.39, 0.29) is 6.04 Å². The van der Waals surface area contributed by atoms with Gasteiger partial charge in [-0.3, -0.25) is 0 Å². The lowest BCUT2D eigenvalue weighted by Gasteiger charge is -2.28. The van der Waals surface area contributed by atoms with Gasteiger partial charge in [0.15, 0.2) is 0 Å². The molecule has 0 aliphatic carbocycles. The third-order valence-corrected chi connectivity index (χ3v) is 2.39. The van der Waals surface area contributed by atoms with Crippen LogP contribution in [0.2, 0.25) is 0 Å². The molecule has 0 rings (SSSR count). The third-order valence-electron chi connectivity index (χ3n) is 2.39. The average Bonchev–Trinajstić information content (AvgIpc) is 2.12. The van der Waals surface area contributed by atoms with Crippen LogP contribution in [0.15, 0.2) is 0 Å². The molecule has 0 saturated heterocycles. The Bertz CT molecular complexity index is 235. The van der Waals surface area contributed by atoms with E-state index < -0.39 is 17.5 Å². The summed E-state index contributed by atoms with van der Waals surface area (Å²) in [6, 6.07) is -0.443. The molecule has 0 spiro atoms. The number of rotatable bonds is 5. The number of aliphatic carboxylic acids is 1. The summed E-state index contributed by atoms with van der Waals surface area (Å²) < 4.78 is 0. The van der Waals surface area contributed by atoms with Gasteiger partial charge in [-0.15, -0.1) is 0 Å². The second-order valence-corrected chi connectivity index (χ2v) is 3.85. The molecule has 0 bridgehead atoms. The van der Waals surface area contributed by atoms with E-state index in [4.69, 9.17) is 5.11 Å². The van der Waals surface area contributed by atoms with Crippen LogP contribution < -0.4 is 10.6 Å². The highest BCUT2D eigenvalue weighted by molar-refractivity contribution is 5.86. The molecule has 88 valence electrons. The normalized spacial score (nSPS) is 11.3. The van der Waals surface area contributed by atoms with Crippen molar-refractivity contribution in [3.8, 4) is 0 Å². The molecule has 0 aromatic carbocycles. The molecule has 0 radical (unpaired) electrons. The van der Waals surface area contributed by atoms with Crippen molar-refractivity contribution in [2.45, 2.75) is 52.1 Å². The van der Waals surface area contributed by atoms with Crippen LogP contribution in [-0.2, 0) is 4.79 Å². The first kappa shape index (κ1) is 13.7. The van der Waals surface area contributed by atoms with Gasteiger partial charge in [0.1, 0.15) is 5.54 Å². The van der Waals surface area contributed by atoms with Crippen molar-refractivity contribution in [2.24, 2.45) is 0 Å². The lowest BCUT2D eigenvalue weighted by molar-refractivity contribution is -0.144. The maximum atomic E-state index is 11.4. The van der Waals surface area contributed by atoms with Crippen molar-refractivity contribution >= 4 is 12.0 Å². The summed E-state index contributed by atoms with van der Waals surface area (Å²) in [5.74, 6) is -0.994. The molecule has 0 unspecified atom stereocenters. The molecule has 3 N–H and O–H groups in total. The number of nitrogens with one attached hydrogen (secondary N) is 2. The largest absolute Gasteiger partial charge is 0.480 e. The topological polar surface area (TPSA) is 78.4 Å². The van der Waals surface area contributed by atoms with E-state index in [0.29, 0.717) is 12.8 Å². The molecule has 0 saturated carbocycles. The van der Waals surface area contributed by atoms with Crippen LogP contribution in [0.3, 0.4) is 0 Å². The number of amides is 2. The van der Waals surface area contributed by atoms with E-state index in [2.05, 4.69) is 10.6 Å². The predicted octanol–water partition coefficient (Wildman–Crippen LogP) is 1.34. The van der Waals surface area contributed by atoms with E-state index in [1.807, 2.05) is 13.8 Å². The molecular formula is C10H20N2O3. The summed E-state index contributed by atoms with van der Waals surface area (Å²) in [6.07, 6.45) is 0.731. The summed E-state index contributed by atoms with van der Waals surface area (Å²) in [4.78, 5) is 22.5. The number of hydrogen-bond acceptors (Lipinski definition) is 2. The summed E-state index contributed by atoms with van der Waals surface area (Å²) in [5, 5.41) is 14.2. The van der Waals surface area contributed by atoms with Crippen LogP contribution >= 0.6 is 0 Å². The molecule has 15 heavy (non-hydrogen) atoms. The summed E-state index contributed by atoms with van der Waals surface area (Å²) in [6.45, 7) is 7.13. The minimum absolute atomic E-state index is 0.00907. The maximum absolute atomic E-state index is 11.4. The lowest BCUT2D eigenvalue weighted by Crippen LogP contribution is -2.57. The van der Waals surface area contributed by atoms with Gasteiger partial charge in [0.05, 0.1) is 0 Å². The van der Waals surface area contributed by atoms with Gasteiger partial charge in [-0.25, -0.2) is 9.59 Å². The summed E-state index contributed by atoms with van der Waals surface area (Å²) in [7, 11) is 0. The summed E-state index contributed by atoms with van der Waals surface area (Å²) >= 11 is 0. The molecule has 0 heterocycles. The van der Waals surface area contributed by atoms with Crippen LogP contribution in [0.5, 0.6) is 0 Å². The molecule has 5 nitrogen and oxygen atoms in total. The van der Waals surface area contributed by atoms with Crippen LogP contribution in [0.1, 0.15) is 40.5 Å². The van der Waals surface area contributed by atoms with E-state index in [1.54, 1.807) is 13.8 Å². The molecule has 0 aliphatic heterocycles. The van der Waals surface area contributed by atoms with Gasteiger partial charge in [-0.1, -0.05) is 13.8 Å². The van der Waals surface area contributed by atoms with Gasteiger partial charge < -0.3 is 15.7 Å². The van der Waals surface area contributed by atoms with Crippen LogP contribution in [0, 0.1) is 0 Å². The number of carbonyl (C=O) groups is 2. The van der Waals surface area contributed by atoms with Crippen molar-refractivity contribution in [2.75, 3.05) is 0 Å². The smallest absolute Gasteiger partial charge is 0.329 e. The first-order valence-electron chi connectivity index (χ1n) is 5.20. The van der Waals surface area contributed by atoms with Crippen molar-refractivity contribution in [1.82, 2.24) is 10.6 Å². The molecule has 0 aromatic rings. The first-order chi connectivity index (χ1) is 6.88. The number of urea groups is 1. The van der Waals surface area contributed by atoms with E-state index in [1.165, 1.54) is 0 Å². The van der Waals surface area contributed by atoms with Crippen molar-refractivity contribution in [1.29, 1.82) is 0 Å². The Morgan fingerprint density at radius 1 is 1.27 bits per heavy atom. The highest BCUT2D eigenvalue weighted by atomic mass is 16.4. The first-order valence-corrected chi connectivity index (χ1v) is 5.20. The van der Waals surface area contributed by atoms with Crippen LogP contribution in [0.25, 0.3) is 0 Å². The van der Waals surface area contributed by atoms with E-state index in [9.17, 15) is 9.59 Å². The fourth-order valence-corrected chi connectivity index (χ4v) is 1.30. The molecule has 5 heteroatoms. The fourth-order valence-electron chi connectivity index (χ4n) is 1.30. The lowest BCUT2D eigenvalue weighted by atomic mass is 9.93. The molecular weight excluding hydrogens is 196 g/mol. The molecule has 0 atom stereocenters. The molecule has 0 fully saturated rings. The zero-order valence-corrected chi connectivity index (χ0v) is 9.76. The molecule has 2 amide bonds. The van der Waals surface area contributed by atoms with Gasteiger partial charge in [-0.2, -0.15) is 0 Å². The van der Waals surface area contributed by atoms with Crippen molar-refractivity contribution in [3.63, 3.8) is 0 Å². The van der Waals surface area contributed by atoms with Crippen molar-refractivity contribution in [3.05, 3.63) is 0 Å². The monoisotopic (exact) mass is 216 g/mol. The van der Waals surface area contributed by atoms with Gasteiger partial charge >= 0.3 is 12.0 Å². The zero-order valence-electron chi connectivity index (χ0n) is 9.76. The summed E-state index contributed by atoms with van der Waals surface area (Å²) in [5.41, 5.74) is -1.15. The maximum Gasteiger partial charge on any atom is 0.329 e. The predicted molar refractivity (Wildman–Crippen MR) is 57.8 cm³/mol. The quantitative estimate of drug-likeness (QED) is 0.649. The highest BCUT2D eigenvalue weighted by Crippen LogP contribution is 2.15. The Labute approximate surface area is 90.2 Å². The Balaban J connectivity index is 4.54. The standard InChI is InChI=1S/C10H20N2O3/c1-5-10(6-2,8(13)14)12-9(15)11-7(3)4/h7H,5-6H2,1-4H3,(H,13,14)(H2,11,12,15). The minimum Gasteiger partial charge on any atom is -0.480 e. The van der Waals surface area contributed by atoms with Crippen LogP contribution in [0.4, 0.5) is 4.79 Å². The number of hydrogen-bond donors (Lipinski definition) is 3. The number of carboxylic acids is 1. The Morgan fingerprint density at radius 3 is 2.00 bits per heavy atom. The molecule has 0 aliphatic rings. The minimum atomic E-state index is -1.15. The third kappa shape index (κ3) is 3.77. The number of carbonyl (C=O) groups excluding carboxylic acids is 1. The fraction of sp³-hybridized carbons (Fsp3) is 0.800. The second-order valence-electron chi connectivity index (χ2n) is 3.85. The van der Waals surface area contributed by atoms with Gasteiger partial charge in [-0.05, 0) is 26.7 Å². The molecule has 0 aromatic heterocycles. The van der Waals surface area contributed by atoms with Crippen LogP contribution in [-0.4, -0.2) is 28.7 Å². The highest BCUT2D eigenvalue weighted by Gasteiger charge is 2.36. The van der Waals surface area contributed by atoms with E-state index >= 15 is 0 Å². The SMILES string of the molecule is CCC(CC)(NC(=O)NC(C)C)C(=O)O. The van der Waals surface area contributed by atoms with Gasteiger partial charge in [0, 0.05) is 6.04 Å². The average molecular weight is 216 g/mol. The van der Waals surface area contributed by atoms with Crippen molar-refractivity contribution < 1.29 is 14.7 Å². The van der Waals surface area contributed by atoms with E-state index in [0.717, 1.165) is 0 Å². The Morgan fingerprint density at radius 2 is 1.73 bits per heavy atom. The van der Waals surface area contributed by atoms with Gasteiger partial charge in [0.25, 0.3) is 0 Å². The zero-order chi connectivity index (χ0) is 12.1. The Kier molecular flexibility index (Phi) is 5.11. The second kappa shape index (κ2) is 5.58. The Hall–Kier alpha value is -1.26.